The first-order chi connectivity index (χ1) is 10.7. The lowest BCUT2D eigenvalue weighted by Crippen LogP contribution is -2.50. The number of thioether (sulfide) groups is 1. The summed E-state index contributed by atoms with van der Waals surface area (Å²) in [5.74, 6) is 0.732. The second-order valence-electron chi connectivity index (χ2n) is 5.99. The molecule has 2 aliphatic rings. The van der Waals surface area contributed by atoms with E-state index in [1.54, 1.807) is 11.8 Å². The third-order valence-electron chi connectivity index (χ3n) is 4.36. The molecule has 1 aliphatic carbocycles. The first-order valence-corrected chi connectivity index (χ1v) is 8.82. The minimum atomic E-state index is 0.106. The smallest absolute Gasteiger partial charge is 0.254 e. The summed E-state index contributed by atoms with van der Waals surface area (Å²) in [7, 11) is 0. The Bertz CT molecular complexity index is 704. The van der Waals surface area contributed by atoms with E-state index < -0.39 is 0 Å². The Hall–Kier alpha value is -1.82. The zero-order valence-corrected chi connectivity index (χ0v) is 13.3. The maximum atomic E-state index is 12.5. The Morgan fingerprint density at radius 2 is 2.14 bits per heavy atom. The second-order valence-corrected chi connectivity index (χ2v) is 6.87. The highest BCUT2D eigenvalue weighted by Crippen LogP contribution is 2.39. The minimum Gasteiger partial charge on any atom is -0.334 e. The van der Waals surface area contributed by atoms with Crippen LogP contribution in [-0.4, -0.2) is 45.1 Å². The summed E-state index contributed by atoms with van der Waals surface area (Å²) in [6.45, 7) is 1.44. The van der Waals surface area contributed by atoms with E-state index in [1.165, 1.54) is 12.8 Å². The van der Waals surface area contributed by atoms with Crippen LogP contribution in [0.25, 0.3) is 0 Å². The molecule has 4 rings (SSSR count). The van der Waals surface area contributed by atoms with E-state index in [-0.39, 0.29) is 11.9 Å². The molecule has 0 unspecified atom stereocenters. The van der Waals surface area contributed by atoms with Crippen LogP contribution in [-0.2, 0) is 0 Å². The molecule has 5 nitrogen and oxygen atoms in total. The van der Waals surface area contributed by atoms with Crippen LogP contribution in [0.15, 0.2) is 35.4 Å². The van der Waals surface area contributed by atoms with Crippen molar-refractivity contribution >= 4 is 17.7 Å². The van der Waals surface area contributed by atoms with Crippen LogP contribution < -0.4 is 0 Å². The molecular formula is C16H18N4OS. The number of nitrogens with zero attached hydrogens (tertiary/aromatic N) is 4. The van der Waals surface area contributed by atoms with Gasteiger partial charge in [0.2, 0.25) is 0 Å². The van der Waals surface area contributed by atoms with Gasteiger partial charge in [-0.1, -0.05) is 11.3 Å². The molecule has 114 valence electrons. The van der Waals surface area contributed by atoms with Crippen LogP contribution in [0.5, 0.6) is 0 Å². The van der Waals surface area contributed by atoms with Gasteiger partial charge in [-0.15, -0.1) is 16.9 Å². The maximum Gasteiger partial charge on any atom is 0.254 e. The quantitative estimate of drug-likeness (QED) is 0.814. The molecule has 6 heteroatoms. The Labute approximate surface area is 133 Å². The van der Waals surface area contributed by atoms with E-state index in [9.17, 15) is 4.79 Å². The van der Waals surface area contributed by atoms with Gasteiger partial charge in [-0.3, -0.25) is 4.79 Å². The van der Waals surface area contributed by atoms with Crippen molar-refractivity contribution in [2.45, 2.75) is 29.7 Å². The molecule has 1 saturated carbocycles. The van der Waals surface area contributed by atoms with Crippen molar-refractivity contribution in [2.75, 3.05) is 19.3 Å². The third kappa shape index (κ3) is 2.52. The number of carbonyl (C=O) groups excluding carboxylic acids is 1. The monoisotopic (exact) mass is 314 g/mol. The Morgan fingerprint density at radius 1 is 1.32 bits per heavy atom. The number of amides is 1. The lowest BCUT2D eigenvalue weighted by atomic mass is 10.1. The second kappa shape index (κ2) is 5.43. The van der Waals surface area contributed by atoms with Crippen LogP contribution in [0, 0.1) is 0 Å². The molecule has 2 fully saturated rings. The predicted octanol–water partition coefficient (Wildman–Crippen LogP) is 2.57. The third-order valence-corrected chi connectivity index (χ3v) is 5.09. The molecule has 2 aromatic rings. The first-order valence-electron chi connectivity index (χ1n) is 7.59. The maximum absolute atomic E-state index is 12.5. The molecule has 0 atom stereocenters. The van der Waals surface area contributed by atoms with Crippen molar-refractivity contribution in [3.8, 4) is 0 Å². The van der Waals surface area contributed by atoms with Gasteiger partial charge in [0.1, 0.15) is 0 Å². The van der Waals surface area contributed by atoms with E-state index in [1.807, 2.05) is 40.1 Å². The van der Waals surface area contributed by atoms with Crippen molar-refractivity contribution < 1.29 is 4.79 Å². The molecular weight excluding hydrogens is 296 g/mol. The summed E-state index contributed by atoms with van der Waals surface area (Å²) in [6.07, 6.45) is 6.55. The molecule has 1 saturated heterocycles. The SMILES string of the molecule is CSc1cccc(C(=O)N2CC(n3cc(C4CC4)nn3)C2)c1. The zero-order valence-electron chi connectivity index (χ0n) is 12.5. The number of benzene rings is 1. The summed E-state index contributed by atoms with van der Waals surface area (Å²) >= 11 is 1.65. The van der Waals surface area contributed by atoms with E-state index >= 15 is 0 Å². The van der Waals surface area contributed by atoms with Crippen molar-refractivity contribution in [1.82, 2.24) is 19.9 Å². The summed E-state index contributed by atoms with van der Waals surface area (Å²) in [5.41, 5.74) is 1.88. The molecule has 1 amide bonds. The minimum absolute atomic E-state index is 0.106. The van der Waals surface area contributed by atoms with Gasteiger partial charge < -0.3 is 4.90 Å². The molecule has 1 aromatic carbocycles. The average Bonchev–Trinajstić information content (AvgIpc) is 3.25. The van der Waals surface area contributed by atoms with Gasteiger partial charge >= 0.3 is 0 Å². The fraction of sp³-hybridized carbons (Fsp3) is 0.438. The van der Waals surface area contributed by atoms with Gasteiger partial charge in [0.05, 0.1) is 11.7 Å². The molecule has 0 bridgehead atoms. The topological polar surface area (TPSA) is 51.0 Å². The van der Waals surface area contributed by atoms with E-state index in [2.05, 4.69) is 16.5 Å². The van der Waals surface area contributed by atoms with Gasteiger partial charge in [-0.2, -0.15) is 0 Å². The molecule has 2 heterocycles. The van der Waals surface area contributed by atoms with Crippen molar-refractivity contribution in [3.63, 3.8) is 0 Å². The number of aromatic nitrogens is 3. The highest BCUT2D eigenvalue weighted by atomic mass is 32.2. The zero-order chi connectivity index (χ0) is 15.1. The lowest BCUT2D eigenvalue weighted by Gasteiger charge is -2.38. The van der Waals surface area contributed by atoms with Crippen LogP contribution in [0.1, 0.15) is 40.9 Å². The Kier molecular flexibility index (Phi) is 3.41. The molecule has 1 aromatic heterocycles. The van der Waals surface area contributed by atoms with Gasteiger partial charge in [-0.25, -0.2) is 4.68 Å². The van der Waals surface area contributed by atoms with E-state index in [0.29, 0.717) is 5.92 Å². The van der Waals surface area contributed by atoms with Gasteiger partial charge in [-0.05, 0) is 37.3 Å². The van der Waals surface area contributed by atoms with E-state index in [0.717, 1.165) is 29.2 Å². The molecule has 0 radical (unpaired) electrons. The van der Waals surface area contributed by atoms with Crippen LogP contribution in [0.3, 0.4) is 0 Å². The standard InChI is InChI=1S/C16H18N4OS/c1-22-14-4-2-3-12(7-14)16(21)19-8-13(9-19)20-10-15(17-18-20)11-5-6-11/h2-4,7,10-11,13H,5-6,8-9H2,1H3. The predicted molar refractivity (Wildman–Crippen MR) is 85.2 cm³/mol. The van der Waals surface area contributed by atoms with Gasteiger partial charge in [0.15, 0.2) is 0 Å². The van der Waals surface area contributed by atoms with Gasteiger partial charge in [0, 0.05) is 35.7 Å². The van der Waals surface area contributed by atoms with Crippen molar-refractivity contribution in [1.29, 1.82) is 0 Å². The summed E-state index contributed by atoms with van der Waals surface area (Å²) in [5, 5.41) is 8.46. The molecule has 22 heavy (non-hydrogen) atoms. The molecule has 1 aliphatic heterocycles. The highest BCUT2D eigenvalue weighted by Gasteiger charge is 2.34. The Morgan fingerprint density at radius 3 is 2.86 bits per heavy atom. The fourth-order valence-electron chi connectivity index (χ4n) is 2.76. The largest absolute Gasteiger partial charge is 0.334 e. The van der Waals surface area contributed by atoms with E-state index in [4.69, 9.17) is 0 Å². The van der Waals surface area contributed by atoms with Crippen molar-refractivity contribution in [3.05, 3.63) is 41.7 Å². The van der Waals surface area contributed by atoms with Crippen LogP contribution >= 0.6 is 11.8 Å². The first kappa shape index (κ1) is 13.8. The molecule has 0 N–H and O–H groups in total. The Balaban J connectivity index is 1.40. The van der Waals surface area contributed by atoms with Crippen molar-refractivity contribution in [2.24, 2.45) is 0 Å². The number of hydrogen-bond acceptors (Lipinski definition) is 4. The summed E-state index contributed by atoms with van der Waals surface area (Å²) < 4.78 is 1.93. The summed E-state index contributed by atoms with van der Waals surface area (Å²) in [4.78, 5) is 15.5. The fourth-order valence-corrected chi connectivity index (χ4v) is 3.22. The number of rotatable bonds is 4. The highest BCUT2D eigenvalue weighted by molar-refractivity contribution is 7.98. The molecule has 0 spiro atoms. The average molecular weight is 314 g/mol. The lowest BCUT2D eigenvalue weighted by molar-refractivity contribution is 0.0498. The van der Waals surface area contributed by atoms with Gasteiger partial charge in [0.25, 0.3) is 5.91 Å². The number of hydrogen-bond donors (Lipinski definition) is 0. The number of carbonyl (C=O) groups is 1. The van der Waals surface area contributed by atoms with Crippen LogP contribution in [0.4, 0.5) is 0 Å². The summed E-state index contributed by atoms with van der Waals surface area (Å²) in [6, 6.07) is 8.08. The number of likely N-dealkylation sites (tertiary alicyclic amines) is 1. The van der Waals surface area contributed by atoms with Crippen LogP contribution in [0.2, 0.25) is 0 Å². The normalized spacial score (nSPS) is 18.3.